The van der Waals surface area contributed by atoms with Crippen LogP contribution in [0, 0.1) is 17.0 Å². The van der Waals surface area contributed by atoms with Gasteiger partial charge in [-0.15, -0.1) is 0 Å². The van der Waals surface area contributed by atoms with Crippen molar-refractivity contribution < 1.29 is 4.92 Å². The van der Waals surface area contributed by atoms with Crippen LogP contribution in [0.15, 0.2) is 18.2 Å². The summed E-state index contributed by atoms with van der Waals surface area (Å²) in [5, 5.41) is 14.4. The maximum atomic E-state index is 11.1. The van der Waals surface area contributed by atoms with E-state index in [1.54, 1.807) is 12.1 Å². The highest BCUT2D eigenvalue weighted by molar-refractivity contribution is 5.62. The molecule has 20 heavy (non-hydrogen) atoms. The SMILES string of the molecule is Cc1ccc([N+](=O)[O-])c(NCC2(N(C)C)CCCC2)c1. The van der Waals surface area contributed by atoms with Gasteiger partial charge in [0.15, 0.2) is 0 Å². The van der Waals surface area contributed by atoms with Gasteiger partial charge in [-0.25, -0.2) is 0 Å². The summed E-state index contributed by atoms with van der Waals surface area (Å²) in [6, 6.07) is 5.21. The highest BCUT2D eigenvalue weighted by atomic mass is 16.6. The second-order valence-corrected chi connectivity index (χ2v) is 5.96. The van der Waals surface area contributed by atoms with Gasteiger partial charge in [-0.05, 0) is 45.5 Å². The zero-order chi connectivity index (χ0) is 14.8. The van der Waals surface area contributed by atoms with Crippen molar-refractivity contribution >= 4 is 11.4 Å². The molecule has 2 rings (SSSR count). The molecule has 0 spiro atoms. The molecule has 110 valence electrons. The summed E-state index contributed by atoms with van der Waals surface area (Å²) in [5.41, 5.74) is 1.94. The van der Waals surface area contributed by atoms with Crippen LogP contribution < -0.4 is 5.32 Å². The first-order valence-corrected chi connectivity index (χ1v) is 7.11. The lowest BCUT2D eigenvalue weighted by molar-refractivity contribution is -0.384. The normalized spacial score (nSPS) is 17.4. The third-order valence-electron chi connectivity index (χ3n) is 4.44. The minimum atomic E-state index is -0.321. The van der Waals surface area contributed by atoms with E-state index in [4.69, 9.17) is 0 Å². The molecule has 1 aromatic rings. The third-order valence-corrected chi connectivity index (χ3v) is 4.44. The number of nitrogens with one attached hydrogen (secondary N) is 1. The first kappa shape index (κ1) is 14.8. The predicted molar refractivity (Wildman–Crippen MR) is 81.2 cm³/mol. The largest absolute Gasteiger partial charge is 0.378 e. The molecule has 0 unspecified atom stereocenters. The van der Waals surface area contributed by atoms with Crippen LogP contribution in [0.4, 0.5) is 11.4 Å². The molecule has 5 heteroatoms. The van der Waals surface area contributed by atoms with Crippen molar-refractivity contribution in [3.05, 3.63) is 33.9 Å². The molecule has 1 saturated carbocycles. The van der Waals surface area contributed by atoms with Crippen LogP contribution in [0.2, 0.25) is 0 Å². The molecule has 0 amide bonds. The van der Waals surface area contributed by atoms with Gasteiger partial charge in [-0.2, -0.15) is 0 Å². The number of nitro groups is 1. The minimum absolute atomic E-state index is 0.123. The number of hydrogen-bond donors (Lipinski definition) is 1. The number of rotatable bonds is 5. The molecule has 1 aliphatic carbocycles. The van der Waals surface area contributed by atoms with Gasteiger partial charge in [0.1, 0.15) is 5.69 Å². The van der Waals surface area contributed by atoms with Crippen molar-refractivity contribution in [2.24, 2.45) is 0 Å². The van der Waals surface area contributed by atoms with E-state index in [1.165, 1.54) is 12.8 Å². The summed E-state index contributed by atoms with van der Waals surface area (Å²) in [6.07, 6.45) is 4.75. The minimum Gasteiger partial charge on any atom is -0.378 e. The van der Waals surface area contributed by atoms with E-state index in [2.05, 4.69) is 24.3 Å². The number of likely N-dealkylation sites (N-methyl/N-ethyl adjacent to an activating group) is 1. The van der Waals surface area contributed by atoms with Gasteiger partial charge in [0, 0.05) is 18.2 Å². The third kappa shape index (κ3) is 2.93. The summed E-state index contributed by atoms with van der Waals surface area (Å²) in [7, 11) is 4.19. The van der Waals surface area contributed by atoms with E-state index in [-0.39, 0.29) is 16.1 Å². The highest BCUT2D eigenvalue weighted by Gasteiger charge is 2.36. The van der Waals surface area contributed by atoms with E-state index < -0.39 is 0 Å². The molecule has 1 aliphatic rings. The Kier molecular flexibility index (Phi) is 4.28. The fourth-order valence-electron chi connectivity index (χ4n) is 3.03. The van der Waals surface area contributed by atoms with Crippen LogP contribution in [-0.4, -0.2) is 36.0 Å². The lowest BCUT2D eigenvalue weighted by Crippen LogP contribution is -2.47. The maximum absolute atomic E-state index is 11.1. The fraction of sp³-hybridized carbons (Fsp3) is 0.600. The summed E-state index contributed by atoms with van der Waals surface area (Å²) in [6.45, 7) is 2.70. The van der Waals surface area contributed by atoms with Gasteiger partial charge in [0.05, 0.1) is 4.92 Å². The molecule has 5 nitrogen and oxygen atoms in total. The molecule has 0 aliphatic heterocycles. The number of nitrogens with zero attached hydrogens (tertiary/aromatic N) is 2. The Morgan fingerprint density at radius 3 is 2.55 bits per heavy atom. The molecule has 1 fully saturated rings. The van der Waals surface area contributed by atoms with E-state index in [0.29, 0.717) is 5.69 Å². The van der Waals surface area contributed by atoms with Crippen LogP contribution in [-0.2, 0) is 0 Å². The van der Waals surface area contributed by atoms with Crippen LogP contribution in [0.5, 0.6) is 0 Å². The van der Waals surface area contributed by atoms with Gasteiger partial charge in [0.2, 0.25) is 0 Å². The lowest BCUT2D eigenvalue weighted by Gasteiger charge is -2.36. The second kappa shape index (κ2) is 5.79. The smallest absolute Gasteiger partial charge is 0.292 e. The Morgan fingerprint density at radius 1 is 1.35 bits per heavy atom. The number of nitro benzene ring substituents is 1. The first-order chi connectivity index (χ1) is 9.44. The Hall–Kier alpha value is -1.62. The fourth-order valence-corrected chi connectivity index (χ4v) is 3.03. The average Bonchev–Trinajstić information content (AvgIpc) is 2.86. The summed E-state index contributed by atoms with van der Waals surface area (Å²) < 4.78 is 0. The van der Waals surface area contributed by atoms with Gasteiger partial charge >= 0.3 is 0 Å². The molecule has 0 heterocycles. The molecule has 0 saturated heterocycles. The molecular formula is C15H23N3O2. The summed E-state index contributed by atoms with van der Waals surface area (Å²) in [5.74, 6) is 0. The van der Waals surface area contributed by atoms with E-state index in [1.807, 2.05) is 13.0 Å². The van der Waals surface area contributed by atoms with Crippen molar-refractivity contribution in [3.63, 3.8) is 0 Å². The van der Waals surface area contributed by atoms with E-state index in [0.717, 1.165) is 24.9 Å². The average molecular weight is 277 g/mol. The Morgan fingerprint density at radius 2 is 2.00 bits per heavy atom. The number of aryl methyl sites for hydroxylation is 1. The monoisotopic (exact) mass is 277 g/mol. The summed E-state index contributed by atoms with van der Waals surface area (Å²) >= 11 is 0. The molecule has 0 aromatic heterocycles. The molecule has 0 radical (unpaired) electrons. The maximum Gasteiger partial charge on any atom is 0.292 e. The first-order valence-electron chi connectivity index (χ1n) is 7.11. The van der Waals surface area contributed by atoms with Crippen molar-refractivity contribution in [1.29, 1.82) is 0 Å². The van der Waals surface area contributed by atoms with Crippen LogP contribution >= 0.6 is 0 Å². The van der Waals surface area contributed by atoms with Crippen LogP contribution in [0.1, 0.15) is 31.2 Å². The quantitative estimate of drug-likeness (QED) is 0.663. The topological polar surface area (TPSA) is 58.4 Å². The van der Waals surface area contributed by atoms with Crippen LogP contribution in [0.3, 0.4) is 0 Å². The predicted octanol–water partition coefficient (Wildman–Crippen LogP) is 3.19. The molecular weight excluding hydrogens is 254 g/mol. The van der Waals surface area contributed by atoms with Gasteiger partial charge in [0.25, 0.3) is 5.69 Å². The van der Waals surface area contributed by atoms with Crippen LogP contribution in [0.25, 0.3) is 0 Å². The van der Waals surface area contributed by atoms with Gasteiger partial charge in [-0.1, -0.05) is 18.9 Å². The Balaban J connectivity index is 2.17. The Labute approximate surface area is 120 Å². The van der Waals surface area contributed by atoms with Crippen molar-refractivity contribution in [2.75, 3.05) is 26.0 Å². The number of anilines is 1. The molecule has 0 atom stereocenters. The second-order valence-electron chi connectivity index (χ2n) is 5.96. The zero-order valence-electron chi connectivity index (χ0n) is 12.5. The number of hydrogen-bond acceptors (Lipinski definition) is 4. The van der Waals surface area contributed by atoms with E-state index >= 15 is 0 Å². The van der Waals surface area contributed by atoms with Crippen molar-refractivity contribution in [1.82, 2.24) is 4.90 Å². The molecule has 0 bridgehead atoms. The van der Waals surface area contributed by atoms with Crippen molar-refractivity contribution in [2.45, 2.75) is 38.1 Å². The highest BCUT2D eigenvalue weighted by Crippen LogP contribution is 2.35. The van der Waals surface area contributed by atoms with Gasteiger partial charge < -0.3 is 10.2 Å². The standard InChI is InChI=1S/C15H23N3O2/c1-12-6-7-14(18(19)20)13(10-12)16-11-15(17(2)3)8-4-5-9-15/h6-7,10,16H,4-5,8-9,11H2,1-3H3. The lowest BCUT2D eigenvalue weighted by atomic mass is 9.96. The van der Waals surface area contributed by atoms with Crippen molar-refractivity contribution in [3.8, 4) is 0 Å². The van der Waals surface area contributed by atoms with E-state index in [9.17, 15) is 10.1 Å². The number of benzene rings is 1. The van der Waals surface area contributed by atoms with Gasteiger partial charge in [-0.3, -0.25) is 10.1 Å². The molecule has 1 aromatic carbocycles. The zero-order valence-corrected chi connectivity index (χ0v) is 12.5. The molecule has 1 N–H and O–H groups in total. The Bertz CT molecular complexity index is 494. The summed E-state index contributed by atoms with van der Waals surface area (Å²) in [4.78, 5) is 13.0.